The predicted molar refractivity (Wildman–Crippen MR) is 82.7 cm³/mol. The molecule has 1 aliphatic rings. The first-order chi connectivity index (χ1) is 9.58. The van der Waals surface area contributed by atoms with Gasteiger partial charge in [0.25, 0.3) is 0 Å². The molecule has 1 aliphatic carbocycles. The number of hydrogen-bond donors (Lipinski definition) is 2. The molecule has 0 heterocycles. The lowest BCUT2D eigenvalue weighted by Gasteiger charge is -2.34. The standard InChI is InChI=1S/C16H32N2O2/c1-4-5-6-7-13(2)17-16(20)18(3)15-10-8-14(12-19)9-11-15/h13-15,19H,4-12H2,1-3H3,(H,17,20). The Labute approximate surface area is 123 Å². The summed E-state index contributed by atoms with van der Waals surface area (Å²) in [4.78, 5) is 14.1. The van der Waals surface area contributed by atoms with Crippen molar-refractivity contribution in [1.29, 1.82) is 0 Å². The summed E-state index contributed by atoms with van der Waals surface area (Å²) in [5, 5.41) is 12.3. The Hall–Kier alpha value is -0.770. The summed E-state index contributed by atoms with van der Waals surface area (Å²) in [6.07, 6.45) is 8.79. The highest BCUT2D eigenvalue weighted by molar-refractivity contribution is 5.74. The molecule has 0 aromatic carbocycles. The van der Waals surface area contributed by atoms with E-state index in [2.05, 4.69) is 19.2 Å². The van der Waals surface area contributed by atoms with E-state index in [1.54, 1.807) is 0 Å². The first kappa shape index (κ1) is 17.3. The van der Waals surface area contributed by atoms with Crippen LogP contribution in [0, 0.1) is 5.92 Å². The predicted octanol–water partition coefficient (Wildman–Crippen LogP) is 3.15. The van der Waals surface area contributed by atoms with Crippen LogP contribution in [0.15, 0.2) is 0 Å². The van der Waals surface area contributed by atoms with Crippen molar-refractivity contribution in [1.82, 2.24) is 10.2 Å². The fourth-order valence-electron chi connectivity index (χ4n) is 2.97. The van der Waals surface area contributed by atoms with Crippen LogP contribution in [-0.4, -0.2) is 41.8 Å². The molecule has 0 bridgehead atoms. The van der Waals surface area contributed by atoms with Gasteiger partial charge in [0.15, 0.2) is 0 Å². The fourth-order valence-corrected chi connectivity index (χ4v) is 2.97. The fraction of sp³-hybridized carbons (Fsp3) is 0.938. The van der Waals surface area contributed by atoms with E-state index in [9.17, 15) is 4.79 Å². The van der Waals surface area contributed by atoms with Crippen molar-refractivity contribution in [3.63, 3.8) is 0 Å². The van der Waals surface area contributed by atoms with Crippen molar-refractivity contribution in [3.05, 3.63) is 0 Å². The van der Waals surface area contributed by atoms with Crippen molar-refractivity contribution in [2.45, 2.75) is 77.3 Å². The van der Waals surface area contributed by atoms with Crippen LogP contribution in [0.25, 0.3) is 0 Å². The van der Waals surface area contributed by atoms with Gasteiger partial charge in [0.05, 0.1) is 0 Å². The molecule has 4 nitrogen and oxygen atoms in total. The number of aliphatic hydroxyl groups is 1. The number of carbonyl (C=O) groups is 1. The summed E-state index contributed by atoms with van der Waals surface area (Å²) in [5.74, 6) is 0.440. The number of unbranched alkanes of at least 4 members (excludes halogenated alkanes) is 2. The number of amides is 2. The number of nitrogens with zero attached hydrogens (tertiary/aromatic N) is 1. The Morgan fingerprint density at radius 3 is 2.50 bits per heavy atom. The minimum absolute atomic E-state index is 0.0569. The zero-order valence-corrected chi connectivity index (χ0v) is 13.4. The molecule has 0 aliphatic heterocycles. The molecule has 0 aromatic heterocycles. The lowest BCUT2D eigenvalue weighted by molar-refractivity contribution is 0.132. The highest BCUT2D eigenvalue weighted by Crippen LogP contribution is 2.26. The second-order valence-electron chi connectivity index (χ2n) is 6.31. The quantitative estimate of drug-likeness (QED) is 0.706. The Morgan fingerprint density at radius 2 is 1.95 bits per heavy atom. The van der Waals surface area contributed by atoms with E-state index in [0.29, 0.717) is 12.0 Å². The Balaban J connectivity index is 2.28. The number of aliphatic hydroxyl groups excluding tert-OH is 1. The summed E-state index contributed by atoms with van der Waals surface area (Å²) in [5.41, 5.74) is 0. The number of nitrogens with one attached hydrogen (secondary N) is 1. The summed E-state index contributed by atoms with van der Waals surface area (Å²) in [7, 11) is 1.90. The van der Waals surface area contributed by atoms with E-state index in [1.807, 2.05) is 11.9 Å². The second kappa shape index (κ2) is 9.22. The maximum atomic E-state index is 12.2. The highest BCUT2D eigenvalue weighted by atomic mass is 16.3. The van der Waals surface area contributed by atoms with Gasteiger partial charge in [0.2, 0.25) is 0 Å². The number of rotatable bonds is 7. The Morgan fingerprint density at radius 1 is 1.30 bits per heavy atom. The largest absolute Gasteiger partial charge is 0.396 e. The molecule has 118 valence electrons. The average Bonchev–Trinajstić information content (AvgIpc) is 2.46. The Bertz CT molecular complexity index is 276. The van der Waals surface area contributed by atoms with Gasteiger partial charge in [0, 0.05) is 25.7 Å². The van der Waals surface area contributed by atoms with Gasteiger partial charge in [-0.05, 0) is 44.9 Å². The summed E-state index contributed by atoms with van der Waals surface area (Å²) >= 11 is 0. The third-order valence-electron chi connectivity index (χ3n) is 4.55. The van der Waals surface area contributed by atoms with Crippen molar-refractivity contribution in [2.24, 2.45) is 5.92 Å². The summed E-state index contributed by atoms with van der Waals surface area (Å²) in [6.45, 7) is 4.57. The number of carbonyl (C=O) groups excluding carboxylic acids is 1. The maximum Gasteiger partial charge on any atom is 0.317 e. The van der Waals surface area contributed by atoms with Crippen LogP contribution in [-0.2, 0) is 0 Å². The molecule has 1 saturated carbocycles. The number of urea groups is 1. The van der Waals surface area contributed by atoms with Gasteiger partial charge in [0.1, 0.15) is 0 Å². The molecule has 0 saturated heterocycles. The van der Waals surface area contributed by atoms with Gasteiger partial charge in [-0.1, -0.05) is 26.2 Å². The van der Waals surface area contributed by atoms with Crippen LogP contribution in [0.4, 0.5) is 4.79 Å². The first-order valence-electron chi connectivity index (χ1n) is 8.22. The summed E-state index contributed by atoms with van der Waals surface area (Å²) < 4.78 is 0. The third-order valence-corrected chi connectivity index (χ3v) is 4.55. The zero-order chi connectivity index (χ0) is 15.0. The van der Waals surface area contributed by atoms with E-state index < -0.39 is 0 Å². The van der Waals surface area contributed by atoms with Gasteiger partial charge in [-0.2, -0.15) is 0 Å². The lowest BCUT2D eigenvalue weighted by Crippen LogP contribution is -2.47. The van der Waals surface area contributed by atoms with E-state index in [4.69, 9.17) is 5.11 Å². The molecule has 2 N–H and O–H groups in total. The van der Waals surface area contributed by atoms with Gasteiger partial charge < -0.3 is 15.3 Å². The van der Waals surface area contributed by atoms with Crippen molar-refractivity contribution in [2.75, 3.05) is 13.7 Å². The van der Waals surface area contributed by atoms with Gasteiger partial charge >= 0.3 is 6.03 Å². The molecular weight excluding hydrogens is 252 g/mol. The average molecular weight is 284 g/mol. The van der Waals surface area contributed by atoms with E-state index in [0.717, 1.165) is 32.1 Å². The molecule has 0 spiro atoms. The smallest absolute Gasteiger partial charge is 0.317 e. The molecule has 1 rings (SSSR count). The molecule has 0 radical (unpaired) electrons. The third kappa shape index (κ3) is 5.70. The molecule has 0 aromatic rings. The SMILES string of the molecule is CCCCCC(C)NC(=O)N(C)C1CCC(CO)CC1. The highest BCUT2D eigenvalue weighted by Gasteiger charge is 2.26. The van der Waals surface area contributed by atoms with Crippen LogP contribution in [0.5, 0.6) is 0 Å². The summed E-state index contributed by atoms with van der Waals surface area (Å²) in [6, 6.07) is 0.646. The normalized spacial score (nSPS) is 24.2. The minimum Gasteiger partial charge on any atom is -0.396 e. The van der Waals surface area contributed by atoms with E-state index in [1.165, 1.54) is 19.3 Å². The molecule has 1 fully saturated rings. The molecular formula is C16H32N2O2. The van der Waals surface area contributed by atoms with E-state index >= 15 is 0 Å². The van der Waals surface area contributed by atoms with Crippen LogP contribution >= 0.6 is 0 Å². The number of hydrogen-bond acceptors (Lipinski definition) is 2. The maximum absolute atomic E-state index is 12.2. The molecule has 2 amide bonds. The molecule has 1 unspecified atom stereocenters. The molecule has 1 atom stereocenters. The van der Waals surface area contributed by atoms with Crippen LogP contribution in [0.3, 0.4) is 0 Å². The molecule has 20 heavy (non-hydrogen) atoms. The van der Waals surface area contributed by atoms with Crippen molar-refractivity contribution < 1.29 is 9.90 Å². The minimum atomic E-state index is 0.0569. The Kier molecular flexibility index (Phi) is 7.97. The van der Waals surface area contributed by atoms with Crippen LogP contribution in [0.2, 0.25) is 0 Å². The van der Waals surface area contributed by atoms with Crippen molar-refractivity contribution >= 4 is 6.03 Å². The first-order valence-corrected chi connectivity index (χ1v) is 8.22. The van der Waals surface area contributed by atoms with E-state index in [-0.39, 0.29) is 18.7 Å². The van der Waals surface area contributed by atoms with Gasteiger partial charge in [-0.15, -0.1) is 0 Å². The van der Waals surface area contributed by atoms with Crippen LogP contribution < -0.4 is 5.32 Å². The second-order valence-corrected chi connectivity index (χ2v) is 6.31. The molecule has 4 heteroatoms. The zero-order valence-electron chi connectivity index (χ0n) is 13.4. The van der Waals surface area contributed by atoms with Crippen LogP contribution in [0.1, 0.15) is 65.2 Å². The topological polar surface area (TPSA) is 52.6 Å². The lowest BCUT2D eigenvalue weighted by atomic mass is 9.86. The van der Waals surface area contributed by atoms with Crippen molar-refractivity contribution in [3.8, 4) is 0 Å². The van der Waals surface area contributed by atoms with Gasteiger partial charge in [-0.3, -0.25) is 0 Å². The monoisotopic (exact) mass is 284 g/mol. The van der Waals surface area contributed by atoms with Gasteiger partial charge in [-0.25, -0.2) is 4.79 Å².